The minimum atomic E-state index is -0.255. The second-order valence-electron chi connectivity index (χ2n) is 8.30. The van der Waals surface area contributed by atoms with Crippen molar-refractivity contribution in [1.82, 2.24) is 4.90 Å². The fraction of sp³-hybridized carbons (Fsp3) is 0.214. The van der Waals surface area contributed by atoms with E-state index >= 15 is 0 Å². The molecule has 0 saturated carbocycles. The summed E-state index contributed by atoms with van der Waals surface area (Å²) in [5.41, 5.74) is 4.02. The third-order valence-electron chi connectivity index (χ3n) is 6.33. The molecule has 1 atom stereocenters. The summed E-state index contributed by atoms with van der Waals surface area (Å²) in [4.78, 5) is 15.4. The zero-order chi connectivity index (χ0) is 24.4. The van der Waals surface area contributed by atoms with Crippen LogP contribution >= 0.6 is 0 Å². The SMILES string of the molecule is COc1ccc(/C=C/C(=O)C2=NN(c3ccccc3)C3c4cc(OC)c(OC)cc4CCN23)cc1. The molecule has 3 aromatic rings. The Morgan fingerprint density at radius 3 is 2.34 bits per heavy atom. The summed E-state index contributed by atoms with van der Waals surface area (Å²) < 4.78 is 16.3. The maximum Gasteiger partial charge on any atom is 0.222 e. The molecule has 2 aliphatic rings. The molecular formula is C28H27N3O4. The van der Waals surface area contributed by atoms with Gasteiger partial charge in [-0.25, -0.2) is 5.01 Å². The van der Waals surface area contributed by atoms with E-state index in [0.29, 0.717) is 23.9 Å². The van der Waals surface area contributed by atoms with Gasteiger partial charge in [0.1, 0.15) is 5.75 Å². The third-order valence-corrected chi connectivity index (χ3v) is 6.33. The maximum atomic E-state index is 13.4. The molecule has 7 nitrogen and oxygen atoms in total. The average molecular weight is 470 g/mol. The number of rotatable bonds is 7. The minimum absolute atomic E-state index is 0.145. The number of nitrogens with zero attached hydrogens (tertiary/aromatic N) is 3. The molecule has 0 aromatic heterocycles. The lowest BCUT2D eigenvalue weighted by Gasteiger charge is -2.37. The first-order valence-electron chi connectivity index (χ1n) is 11.4. The van der Waals surface area contributed by atoms with Crippen molar-refractivity contribution in [3.8, 4) is 17.2 Å². The second-order valence-corrected chi connectivity index (χ2v) is 8.30. The summed E-state index contributed by atoms with van der Waals surface area (Å²) in [5, 5.41) is 6.74. The number of ether oxygens (including phenoxy) is 3. The molecule has 178 valence electrons. The first-order chi connectivity index (χ1) is 17.1. The van der Waals surface area contributed by atoms with Gasteiger partial charge in [0.2, 0.25) is 5.78 Å². The molecule has 0 spiro atoms. The van der Waals surface area contributed by atoms with E-state index in [2.05, 4.69) is 4.90 Å². The first-order valence-corrected chi connectivity index (χ1v) is 11.4. The lowest BCUT2D eigenvalue weighted by Crippen LogP contribution is -2.42. The molecule has 2 heterocycles. The summed E-state index contributed by atoms with van der Waals surface area (Å²) in [6.45, 7) is 0.664. The number of para-hydroxylation sites is 1. The van der Waals surface area contributed by atoms with Gasteiger partial charge in [-0.2, -0.15) is 0 Å². The van der Waals surface area contributed by atoms with Crippen molar-refractivity contribution >= 4 is 23.4 Å². The van der Waals surface area contributed by atoms with Crippen molar-refractivity contribution in [1.29, 1.82) is 0 Å². The van der Waals surface area contributed by atoms with Crippen LogP contribution in [-0.2, 0) is 11.2 Å². The molecule has 0 radical (unpaired) electrons. The molecule has 5 rings (SSSR count). The highest BCUT2D eigenvalue weighted by Crippen LogP contribution is 2.43. The Labute approximate surface area is 204 Å². The first kappa shape index (κ1) is 22.5. The fourth-order valence-corrected chi connectivity index (χ4v) is 4.56. The number of carbonyl (C=O) groups excluding carboxylic acids is 1. The topological polar surface area (TPSA) is 63.6 Å². The van der Waals surface area contributed by atoms with Crippen LogP contribution in [0, 0.1) is 0 Å². The number of anilines is 1. The van der Waals surface area contributed by atoms with Crippen molar-refractivity contribution in [2.24, 2.45) is 5.10 Å². The van der Waals surface area contributed by atoms with Crippen LogP contribution in [0.4, 0.5) is 5.69 Å². The van der Waals surface area contributed by atoms with E-state index in [9.17, 15) is 4.79 Å². The van der Waals surface area contributed by atoms with E-state index in [1.54, 1.807) is 33.5 Å². The quantitative estimate of drug-likeness (QED) is 0.468. The fourth-order valence-electron chi connectivity index (χ4n) is 4.56. The molecule has 35 heavy (non-hydrogen) atoms. The van der Waals surface area contributed by atoms with Crippen LogP contribution in [0.15, 0.2) is 77.9 Å². The van der Waals surface area contributed by atoms with E-state index in [4.69, 9.17) is 19.3 Å². The van der Waals surface area contributed by atoms with Crippen LogP contribution in [0.1, 0.15) is 22.9 Å². The van der Waals surface area contributed by atoms with Gasteiger partial charge < -0.3 is 19.1 Å². The van der Waals surface area contributed by atoms with Gasteiger partial charge >= 0.3 is 0 Å². The molecule has 1 unspecified atom stereocenters. The summed E-state index contributed by atoms with van der Waals surface area (Å²) in [6.07, 6.45) is 3.89. The Kier molecular flexibility index (Phi) is 6.14. The van der Waals surface area contributed by atoms with Crippen molar-refractivity contribution in [2.45, 2.75) is 12.6 Å². The van der Waals surface area contributed by atoms with Crippen molar-refractivity contribution in [3.63, 3.8) is 0 Å². The van der Waals surface area contributed by atoms with Crippen LogP contribution < -0.4 is 19.2 Å². The van der Waals surface area contributed by atoms with Gasteiger partial charge in [-0.1, -0.05) is 36.4 Å². The van der Waals surface area contributed by atoms with Crippen LogP contribution in [0.2, 0.25) is 0 Å². The lowest BCUT2D eigenvalue weighted by molar-refractivity contribution is -0.109. The molecule has 0 bridgehead atoms. The normalized spacial score (nSPS) is 16.5. The average Bonchev–Trinajstić information content (AvgIpc) is 3.32. The molecule has 0 N–H and O–H groups in total. The monoisotopic (exact) mass is 469 g/mol. The molecule has 0 aliphatic carbocycles. The van der Waals surface area contributed by atoms with E-state index in [1.165, 1.54) is 0 Å². The predicted octanol–water partition coefficient (Wildman–Crippen LogP) is 4.69. The van der Waals surface area contributed by atoms with Crippen LogP contribution in [0.25, 0.3) is 6.08 Å². The third kappa shape index (κ3) is 4.21. The van der Waals surface area contributed by atoms with Crippen molar-refractivity contribution in [2.75, 3.05) is 32.9 Å². The Hall–Kier alpha value is -4.26. The predicted molar refractivity (Wildman–Crippen MR) is 136 cm³/mol. The number of hydrazone groups is 1. The minimum Gasteiger partial charge on any atom is -0.497 e. The maximum absolute atomic E-state index is 13.4. The number of fused-ring (bicyclic) bond motifs is 3. The summed E-state index contributed by atoms with van der Waals surface area (Å²) in [5.74, 6) is 2.40. The van der Waals surface area contributed by atoms with Gasteiger partial charge in [0.15, 0.2) is 23.5 Å². The van der Waals surface area contributed by atoms with E-state index in [0.717, 1.165) is 34.5 Å². The summed E-state index contributed by atoms with van der Waals surface area (Å²) in [6, 6.07) is 21.5. The van der Waals surface area contributed by atoms with Gasteiger partial charge in [-0.3, -0.25) is 4.79 Å². The number of amidine groups is 1. The van der Waals surface area contributed by atoms with Gasteiger partial charge in [-0.15, -0.1) is 5.10 Å². The van der Waals surface area contributed by atoms with E-state index in [-0.39, 0.29) is 11.9 Å². The Balaban J connectivity index is 1.51. The molecular weight excluding hydrogens is 442 g/mol. The van der Waals surface area contributed by atoms with E-state index in [1.807, 2.05) is 71.7 Å². The summed E-state index contributed by atoms with van der Waals surface area (Å²) in [7, 11) is 4.90. The van der Waals surface area contributed by atoms with Crippen LogP contribution in [-0.4, -0.2) is 44.4 Å². The zero-order valence-corrected chi connectivity index (χ0v) is 20.0. The number of hydrogen-bond donors (Lipinski definition) is 0. The number of benzene rings is 3. The molecule has 3 aromatic carbocycles. The van der Waals surface area contributed by atoms with Crippen molar-refractivity contribution in [3.05, 3.63) is 89.5 Å². The lowest BCUT2D eigenvalue weighted by atomic mass is 9.95. The molecule has 7 heteroatoms. The molecule has 0 amide bonds. The van der Waals surface area contributed by atoms with Crippen LogP contribution in [0.3, 0.4) is 0 Å². The van der Waals surface area contributed by atoms with Gasteiger partial charge in [-0.05, 0) is 60.0 Å². The molecule has 0 fully saturated rings. The molecule has 0 saturated heterocycles. The van der Waals surface area contributed by atoms with Crippen molar-refractivity contribution < 1.29 is 19.0 Å². The zero-order valence-electron chi connectivity index (χ0n) is 20.0. The van der Waals surface area contributed by atoms with E-state index < -0.39 is 0 Å². The Morgan fingerprint density at radius 1 is 0.943 bits per heavy atom. The smallest absolute Gasteiger partial charge is 0.222 e. The number of hydrogen-bond acceptors (Lipinski definition) is 7. The standard InChI is InChI=1S/C28H27N3O4/c1-33-22-12-9-19(10-13-22)11-14-24(32)27-29-31(21-7-5-4-6-8-21)28-23-18-26(35-3)25(34-2)17-20(23)15-16-30(27)28/h4-14,17-18,28H,15-16H2,1-3H3/b14-11+. The van der Waals surface area contributed by atoms with Gasteiger partial charge in [0, 0.05) is 12.1 Å². The number of ketones is 1. The second kappa shape index (κ2) is 9.54. The van der Waals surface area contributed by atoms with Gasteiger partial charge in [0.25, 0.3) is 0 Å². The summed E-state index contributed by atoms with van der Waals surface area (Å²) >= 11 is 0. The largest absolute Gasteiger partial charge is 0.497 e. The molecule has 2 aliphatic heterocycles. The Morgan fingerprint density at radius 2 is 1.66 bits per heavy atom. The highest BCUT2D eigenvalue weighted by Gasteiger charge is 2.42. The number of methoxy groups -OCH3 is 3. The van der Waals surface area contributed by atoms with Gasteiger partial charge in [0.05, 0.1) is 27.0 Å². The number of carbonyl (C=O) groups is 1. The van der Waals surface area contributed by atoms with Crippen LogP contribution in [0.5, 0.6) is 17.2 Å². The Bertz CT molecular complexity index is 1290. The highest BCUT2D eigenvalue weighted by atomic mass is 16.5. The highest BCUT2D eigenvalue weighted by molar-refractivity contribution is 6.44.